The Morgan fingerprint density at radius 2 is 2.08 bits per heavy atom. The van der Waals surface area contributed by atoms with Crippen LogP contribution in [0.5, 0.6) is 0 Å². The van der Waals surface area contributed by atoms with Crippen LogP contribution >= 0.6 is 0 Å². The normalized spacial score (nSPS) is 17.8. The molecule has 3 heterocycles. The molecule has 4 N–H and O–H groups in total. The van der Waals surface area contributed by atoms with Crippen LogP contribution in [0.15, 0.2) is 15.4 Å². The van der Waals surface area contributed by atoms with Gasteiger partial charge in [-0.15, -0.1) is 0 Å². The number of nitrogens with zero attached hydrogens (tertiary/aromatic N) is 3. The van der Waals surface area contributed by atoms with E-state index in [2.05, 4.69) is 20.4 Å². The Morgan fingerprint density at radius 3 is 2.85 bits per heavy atom. The van der Waals surface area contributed by atoms with Gasteiger partial charge in [-0.05, 0) is 38.5 Å². The minimum Gasteiger partial charge on any atom is -0.369 e. The molecule has 2 aromatic heterocycles. The van der Waals surface area contributed by atoms with Gasteiger partial charge in [0.25, 0.3) is 11.5 Å². The van der Waals surface area contributed by atoms with Gasteiger partial charge < -0.3 is 20.5 Å². The number of nitrogens with one attached hydrogen (secondary N) is 2. The molecule has 0 unspecified atom stereocenters. The molecule has 1 amide bonds. The summed E-state index contributed by atoms with van der Waals surface area (Å²) in [7, 11) is 0. The summed E-state index contributed by atoms with van der Waals surface area (Å²) in [6.07, 6.45) is 5.43. The second-order valence-electron chi connectivity index (χ2n) is 6.87. The Bertz CT molecular complexity index is 866. The number of hydrogen-bond donors (Lipinski definition) is 3. The third kappa shape index (κ3) is 3.29. The van der Waals surface area contributed by atoms with E-state index in [0.29, 0.717) is 24.7 Å². The van der Waals surface area contributed by atoms with Gasteiger partial charge in [0, 0.05) is 30.8 Å². The van der Waals surface area contributed by atoms with Crippen LogP contribution in [0.2, 0.25) is 0 Å². The van der Waals surface area contributed by atoms with Crippen LogP contribution in [0.4, 0.5) is 11.8 Å². The fraction of sp³-hybridized carbons (Fsp3) is 0.529. The molecule has 26 heavy (non-hydrogen) atoms. The molecule has 1 fully saturated rings. The van der Waals surface area contributed by atoms with Gasteiger partial charge in [0.2, 0.25) is 11.7 Å². The molecule has 9 nitrogen and oxygen atoms in total. The van der Waals surface area contributed by atoms with Gasteiger partial charge in [0.15, 0.2) is 0 Å². The molecule has 1 aliphatic carbocycles. The zero-order valence-electron chi connectivity index (χ0n) is 14.5. The van der Waals surface area contributed by atoms with Crippen LogP contribution in [-0.4, -0.2) is 40.2 Å². The van der Waals surface area contributed by atoms with Crippen LogP contribution in [0.3, 0.4) is 0 Å². The number of nitrogens with two attached hydrogens (primary N) is 1. The van der Waals surface area contributed by atoms with E-state index in [1.165, 1.54) is 6.07 Å². The van der Waals surface area contributed by atoms with Crippen molar-refractivity contribution < 1.29 is 9.32 Å². The zero-order chi connectivity index (χ0) is 18.1. The Morgan fingerprint density at radius 1 is 1.31 bits per heavy atom. The number of carbonyl (C=O) groups is 1. The predicted molar refractivity (Wildman–Crippen MR) is 95.1 cm³/mol. The number of carbonyl (C=O) groups excluding carboxylic acids is 1. The number of amides is 1. The third-order valence-corrected chi connectivity index (χ3v) is 5.07. The van der Waals surface area contributed by atoms with E-state index in [1.54, 1.807) is 0 Å². The predicted octanol–water partition coefficient (Wildman–Crippen LogP) is 0.618. The van der Waals surface area contributed by atoms with Crippen molar-refractivity contribution in [2.45, 2.75) is 44.6 Å². The van der Waals surface area contributed by atoms with Gasteiger partial charge >= 0.3 is 0 Å². The molecular formula is C17H22N6O3. The SMILES string of the molecule is Nc1nc(N2CCC(NC(=O)c3onc4c3CCCC4)CC2)cc(=O)[nH]1. The molecule has 0 aromatic carbocycles. The van der Waals surface area contributed by atoms with Crippen molar-refractivity contribution in [3.63, 3.8) is 0 Å². The Labute approximate surface area is 150 Å². The molecule has 1 saturated heterocycles. The van der Waals surface area contributed by atoms with Crippen molar-refractivity contribution in [3.8, 4) is 0 Å². The Kier molecular flexibility index (Phi) is 4.36. The molecule has 0 radical (unpaired) electrons. The molecule has 9 heteroatoms. The molecule has 0 bridgehead atoms. The van der Waals surface area contributed by atoms with E-state index in [1.807, 2.05) is 4.90 Å². The van der Waals surface area contributed by atoms with Crippen LogP contribution in [-0.2, 0) is 12.8 Å². The van der Waals surface area contributed by atoms with Crippen molar-refractivity contribution in [2.24, 2.45) is 0 Å². The van der Waals surface area contributed by atoms with Gasteiger partial charge in [0.05, 0.1) is 5.69 Å². The monoisotopic (exact) mass is 358 g/mol. The fourth-order valence-electron chi connectivity index (χ4n) is 3.70. The number of aromatic nitrogens is 3. The second kappa shape index (κ2) is 6.81. The molecule has 4 rings (SSSR count). The summed E-state index contributed by atoms with van der Waals surface area (Å²) in [5.41, 5.74) is 7.23. The zero-order valence-corrected chi connectivity index (χ0v) is 14.5. The lowest BCUT2D eigenvalue weighted by Crippen LogP contribution is -2.45. The van der Waals surface area contributed by atoms with Crippen molar-refractivity contribution in [1.29, 1.82) is 0 Å². The highest BCUT2D eigenvalue weighted by atomic mass is 16.5. The number of rotatable bonds is 3. The first kappa shape index (κ1) is 16.6. The summed E-state index contributed by atoms with van der Waals surface area (Å²) >= 11 is 0. The van der Waals surface area contributed by atoms with Crippen molar-refractivity contribution >= 4 is 17.7 Å². The lowest BCUT2D eigenvalue weighted by atomic mass is 9.95. The number of nitrogen functional groups attached to an aromatic ring is 1. The van der Waals surface area contributed by atoms with E-state index < -0.39 is 0 Å². The minimum atomic E-state index is -0.266. The molecule has 0 saturated carbocycles. The number of piperidine rings is 1. The van der Waals surface area contributed by atoms with E-state index in [4.69, 9.17) is 10.3 Å². The quantitative estimate of drug-likeness (QED) is 0.733. The van der Waals surface area contributed by atoms with Gasteiger partial charge in [-0.3, -0.25) is 14.6 Å². The molecule has 2 aliphatic rings. The van der Waals surface area contributed by atoms with E-state index >= 15 is 0 Å². The molecule has 1 aliphatic heterocycles. The van der Waals surface area contributed by atoms with Gasteiger partial charge in [-0.25, -0.2) is 0 Å². The van der Waals surface area contributed by atoms with Crippen LogP contribution in [0.25, 0.3) is 0 Å². The lowest BCUT2D eigenvalue weighted by Gasteiger charge is -2.32. The Balaban J connectivity index is 1.37. The second-order valence-corrected chi connectivity index (χ2v) is 6.87. The van der Waals surface area contributed by atoms with Crippen molar-refractivity contribution in [3.05, 3.63) is 33.4 Å². The standard InChI is InChI=1S/C17H22N6O3/c18-17-20-13(9-14(24)21-17)23-7-5-10(6-8-23)19-16(25)15-11-3-1-2-4-12(11)22-26-15/h9-10H,1-8H2,(H,19,25)(H3,18,20,21,24). The smallest absolute Gasteiger partial charge is 0.290 e. The van der Waals surface area contributed by atoms with Gasteiger partial charge in [-0.2, -0.15) is 4.98 Å². The topological polar surface area (TPSA) is 130 Å². The number of hydrogen-bond acceptors (Lipinski definition) is 7. The largest absolute Gasteiger partial charge is 0.369 e. The summed E-state index contributed by atoms with van der Waals surface area (Å²) in [6.45, 7) is 1.38. The molecule has 0 atom stereocenters. The number of aryl methyl sites for hydroxylation is 1. The summed E-state index contributed by atoms with van der Waals surface area (Å²) in [5, 5.41) is 7.10. The van der Waals surface area contributed by atoms with Crippen molar-refractivity contribution in [2.75, 3.05) is 23.7 Å². The average molecular weight is 358 g/mol. The average Bonchev–Trinajstić information content (AvgIpc) is 3.06. The number of aromatic amines is 1. The molecule has 0 spiro atoms. The first-order valence-corrected chi connectivity index (χ1v) is 9.00. The molecular weight excluding hydrogens is 336 g/mol. The number of anilines is 2. The lowest BCUT2D eigenvalue weighted by molar-refractivity contribution is 0.0892. The van der Waals surface area contributed by atoms with Crippen LogP contribution in [0.1, 0.15) is 47.5 Å². The van der Waals surface area contributed by atoms with Gasteiger partial charge in [0.1, 0.15) is 5.82 Å². The summed E-state index contributed by atoms with van der Waals surface area (Å²) < 4.78 is 5.30. The summed E-state index contributed by atoms with van der Waals surface area (Å²) in [6, 6.07) is 1.50. The molecule has 2 aromatic rings. The fourth-order valence-corrected chi connectivity index (χ4v) is 3.70. The van der Waals surface area contributed by atoms with E-state index in [-0.39, 0.29) is 23.5 Å². The number of H-pyrrole nitrogens is 1. The third-order valence-electron chi connectivity index (χ3n) is 5.07. The summed E-state index contributed by atoms with van der Waals surface area (Å²) in [4.78, 5) is 32.7. The molecule has 138 valence electrons. The first-order chi connectivity index (χ1) is 12.6. The minimum absolute atomic E-state index is 0.0578. The summed E-state index contributed by atoms with van der Waals surface area (Å²) in [5.74, 6) is 0.863. The highest BCUT2D eigenvalue weighted by Crippen LogP contribution is 2.24. The maximum atomic E-state index is 12.6. The van der Waals surface area contributed by atoms with Crippen molar-refractivity contribution in [1.82, 2.24) is 20.4 Å². The maximum absolute atomic E-state index is 12.6. The van der Waals surface area contributed by atoms with Crippen LogP contribution < -0.4 is 21.5 Å². The first-order valence-electron chi connectivity index (χ1n) is 9.00. The van der Waals surface area contributed by atoms with Gasteiger partial charge in [-0.1, -0.05) is 5.16 Å². The van der Waals surface area contributed by atoms with E-state index in [0.717, 1.165) is 49.8 Å². The highest BCUT2D eigenvalue weighted by Gasteiger charge is 2.27. The van der Waals surface area contributed by atoms with E-state index in [9.17, 15) is 9.59 Å². The Hall–Kier alpha value is -2.84. The highest BCUT2D eigenvalue weighted by molar-refractivity contribution is 5.93. The number of fused-ring (bicyclic) bond motifs is 1. The van der Waals surface area contributed by atoms with Crippen LogP contribution in [0, 0.1) is 0 Å². The maximum Gasteiger partial charge on any atom is 0.290 e.